The first-order valence-corrected chi connectivity index (χ1v) is 8.78. The Kier molecular flexibility index (Phi) is 5.58. The molecular weight excluding hydrogens is 362 g/mol. The van der Waals surface area contributed by atoms with E-state index in [4.69, 9.17) is 4.74 Å². The Balaban J connectivity index is 1.90. The summed E-state index contributed by atoms with van der Waals surface area (Å²) in [6.45, 7) is 1.72. The van der Waals surface area contributed by atoms with Gasteiger partial charge in [-0.2, -0.15) is 0 Å². The molecule has 0 saturated heterocycles. The molecule has 1 atom stereocenters. The molecule has 0 unspecified atom stereocenters. The molecule has 3 rings (SSSR count). The van der Waals surface area contributed by atoms with Crippen LogP contribution in [0.4, 0.5) is 0 Å². The third-order valence-corrected chi connectivity index (χ3v) is 4.58. The van der Waals surface area contributed by atoms with Crippen LogP contribution in [0.2, 0.25) is 0 Å². The Morgan fingerprint density at radius 2 is 1.89 bits per heavy atom. The van der Waals surface area contributed by atoms with Gasteiger partial charge in [0.05, 0.1) is 25.5 Å². The Bertz CT molecular complexity index is 1060. The molecule has 0 aliphatic rings. The molecule has 8 nitrogen and oxygen atoms in total. The van der Waals surface area contributed by atoms with Crippen LogP contribution < -0.4 is 5.32 Å². The number of para-hydroxylation sites is 1. The van der Waals surface area contributed by atoms with Crippen molar-refractivity contribution in [1.82, 2.24) is 15.3 Å². The average Bonchev–Trinajstić information content (AvgIpc) is 3.06. The first kappa shape index (κ1) is 19.3. The van der Waals surface area contributed by atoms with Crippen LogP contribution in [0.1, 0.15) is 28.9 Å². The predicted molar refractivity (Wildman–Crippen MR) is 103 cm³/mol. The molecule has 2 aromatic heterocycles. The van der Waals surface area contributed by atoms with Gasteiger partial charge >= 0.3 is 11.9 Å². The van der Waals surface area contributed by atoms with Crippen molar-refractivity contribution in [2.24, 2.45) is 0 Å². The number of methoxy groups -OCH3 is 2. The van der Waals surface area contributed by atoms with E-state index in [0.29, 0.717) is 16.9 Å². The minimum atomic E-state index is -0.963. The van der Waals surface area contributed by atoms with Crippen molar-refractivity contribution in [3.8, 4) is 0 Å². The highest BCUT2D eigenvalue weighted by atomic mass is 16.5. The van der Waals surface area contributed by atoms with E-state index in [1.807, 2.05) is 24.3 Å². The quantitative estimate of drug-likeness (QED) is 0.632. The van der Waals surface area contributed by atoms with E-state index < -0.39 is 23.9 Å². The third-order valence-electron chi connectivity index (χ3n) is 4.58. The fourth-order valence-electron chi connectivity index (χ4n) is 3.08. The van der Waals surface area contributed by atoms with Gasteiger partial charge in [0.2, 0.25) is 0 Å². The predicted octanol–water partition coefficient (Wildman–Crippen LogP) is 2.25. The van der Waals surface area contributed by atoms with Crippen LogP contribution in [0.25, 0.3) is 21.9 Å². The Morgan fingerprint density at radius 3 is 2.61 bits per heavy atom. The van der Waals surface area contributed by atoms with Crippen LogP contribution in [-0.2, 0) is 19.1 Å². The van der Waals surface area contributed by atoms with Crippen LogP contribution in [0, 0.1) is 6.92 Å². The van der Waals surface area contributed by atoms with Crippen molar-refractivity contribution in [3.05, 3.63) is 41.6 Å². The third kappa shape index (κ3) is 3.80. The molecule has 0 aliphatic heterocycles. The molecule has 1 amide bonds. The molecule has 3 aromatic rings. The number of hydrogen-bond acceptors (Lipinski definition) is 6. The summed E-state index contributed by atoms with van der Waals surface area (Å²) in [4.78, 5) is 43.9. The summed E-state index contributed by atoms with van der Waals surface area (Å²) in [5.41, 5.74) is 2.48. The first-order chi connectivity index (χ1) is 13.4. The number of carbonyl (C=O) groups is 3. The van der Waals surface area contributed by atoms with Gasteiger partial charge in [-0.05, 0) is 25.5 Å². The van der Waals surface area contributed by atoms with E-state index in [1.54, 1.807) is 13.0 Å². The summed E-state index contributed by atoms with van der Waals surface area (Å²) in [6, 6.07) is 8.50. The molecule has 2 heterocycles. The highest BCUT2D eigenvalue weighted by molar-refractivity contribution is 6.09. The van der Waals surface area contributed by atoms with Gasteiger partial charge in [0.1, 0.15) is 11.7 Å². The Labute approximate surface area is 161 Å². The fourth-order valence-corrected chi connectivity index (χ4v) is 3.08. The number of fused-ring (bicyclic) bond motifs is 3. The van der Waals surface area contributed by atoms with Crippen molar-refractivity contribution in [2.75, 3.05) is 14.2 Å². The smallest absolute Gasteiger partial charge is 0.328 e. The number of aromatic amines is 1. The zero-order valence-electron chi connectivity index (χ0n) is 15.9. The van der Waals surface area contributed by atoms with Crippen LogP contribution >= 0.6 is 0 Å². The van der Waals surface area contributed by atoms with Gasteiger partial charge in [-0.1, -0.05) is 18.2 Å². The van der Waals surface area contributed by atoms with Crippen LogP contribution in [0.15, 0.2) is 30.3 Å². The number of nitrogens with one attached hydrogen (secondary N) is 2. The fraction of sp³-hybridized carbons (Fsp3) is 0.300. The molecule has 1 aromatic carbocycles. The van der Waals surface area contributed by atoms with Gasteiger partial charge in [-0.25, -0.2) is 9.78 Å². The molecule has 0 aliphatic carbocycles. The van der Waals surface area contributed by atoms with E-state index in [2.05, 4.69) is 20.0 Å². The summed E-state index contributed by atoms with van der Waals surface area (Å²) in [6.07, 6.45) is 0.0577. The lowest BCUT2D eigenvalue weighted by molar-refractivity contribution is -0.144. The summed E-state index contributed by atoms with van der Waals surface area (Å²) < 4.78 is 9.32. The molecule has 0 saturated carbocycles. The monoisotopic (exact) mass is 383 g/mol. The number of amides is 1. The number of nitrogens with zero attached hydrogens (tertiary/aromatic N) is 1. The average molecular weight is 383 g/mol. The highest BCUT2D eigenvalue weighted by Gasteiger charge is 2.24. The van der Waals surface area contributed by atoms with Gasteiger partial charge in [-0.3, -0.25) is 9.59 Å². The highest BCUT2D eigenvalue weighted by Crippen LogP contribution is 2.26. The maximum atomic E-state index is 12.8. The largest absolute Gasteiger partial charge is 0.469 e. The second-order valence-electron chi connectivity index (χ2n) is 6.35. The van der Waals surface area contributed by atoms with Crippen molar-refractivity contribution >= 4 is 39.8 Å². The molecule has 2 N–H and O–H groups in total. The van der Waals surface area contributed by atoms with Crippen LogP contribution in [0.3, 0.4) is 0 Å². The number of pyridine rings is 1. The normalized spacial score (nSPS) is 12.0. The van der Waals surface area contributed by atoms with Crippen molar-refractivity contribution in [2.45, 2.75) is 25.8 Å². The number of hydrogen-bond donors (Lipinski definition) is 2. The number of benzene rings is 1. The maximum Gasteiger partial charge on any atom is 0.328 e. The van der Waals surface area contributed by atoms with E-state index in [1.165, 1.54) is 14.2 Å². The van der Waals surface area contributed by atoms with Gasteiger partial charge in [0, 0.05) is 22.7 Å². The van der Waals surface area contributed by atoms with E-state index in [9.17, 15) is 14.4 Å². The molecule has 0 spiro atoms. The lowest BCUT2D eigenvalue weighted by atomic mass is 10.1. The maximum absolute atomic E-state index is 12.8. The summed E-state index contributed by atoms with van der Waals surface area (Å²) in [7, 11) is 2.49. The lowest BCUT2D eigenvalue weighted by Gasteiger charge is -2.16. The molecule has 0 bridgehead atoms. The van der Waals surface area contributed by atoms with Gasteiger partial charge in [0.15, 0.2) is 0 Å². The minimum absolute atomic E-state index is 0.0186. The number of rotatable bonds is 6. The topological polar surface area (TPSA) is 110 Å². The first-order valence-electron chi connectivity index (χ1n) is 8.78. The number of H-pyrrole nitrogens is 1. The summed E-state index contributed by atoms with van der Waals surface area (Å²) in [5, 5.41) is 4.41. The van der Waals surface area contributed by atoms with Crippen molar-refractivity contribution in [3.63, 3.8) is 0 Å². The molecule has 8 heteroatoms. The Morgan fingerprint density at radius 1 is 1.14 bits per heavy atom. The lowest BCUT2D eigenvalue weighted by Crippen LogP contribution is -2.42. The zero-order valence-corrected chi connectivity index (χ0v) is 15.9. The van der Waals surface area contributed by atoms with Crippen molar-refractivity contribution in [1.29, 1.82) is 0 Å². The van der Waals surface area contributed by atoms with E-state index in [-0.39, 0.29) is 12.8 Å². The van der Waals surface area contributed by atoms with E-state index in [0.717, 1.165) is 16.3 Å². The molecule has 146 valence electrons. The second-order valence-corrected chi connectivity index (χ2v) is 6.35. The van der Waals surface area contributed by atoms with Gasteiger partial charge in [0.25, 0.3) is 5.91 Å². The Hall–Kier alpha value is -3.42. The van der Waals surface area contributed by atoms with Crippen molar-refractivity contribution < 1.29 is 23.9 Å². The summed E-state index contributed by atoms with van der Waals surface area (Å²) >= 11 is 0. The number of aryl methyl sites for hydroxylation is 1. The second kappa shape index (κ2) is 8.08. The van der Waals surface area contributed by atoms with Gasteiger partial charge in [-0.15, -0.1) is 0 Å². The van der Waals surface area contributed by atoms with Crippen LogP contribution in [-0.4, -0.2) is 48.1 Å². The van der Waals surface area contributed by atoms with Gasteiger partial charge < -0.3 is 19.8 Å². The van der Waals surface area contributed by atoms with E-state index >= 15 is 0 Å². The standard InChI is InChI=1S/C20H21N3O5/c1-11-13(10-14-12-6-4-5-7-15(12)22-18(14)21-11)19(25)23-16(20(26)28-3)8-9-17(24)27-2/h4-7,10,16H,8-9H2,1-3H3,(H,21,22)(H,23,25)/t16-/m1/s1. The number of carbonyl (C=O) groups excluding carboxylic acids is 3. The molecule has 28 heavy (non-hydrogen) atoms. The molecular formula is C20H21N3O5. The number of ether oxygens (including phenoxy) is 2. The minimum Gasteiger partial charge on any atom is -0.469 e. The number of esters is 2. The zero-order chi connectivity index (χ0) is 20.3. The number of aromatic nitrogens is 2. The van der Waals surface area contributed by atoms with Crippen LogP contribution in [0.5, 0.6) is 0 Å². The summed E-state index contributed by atoms with van der Waals surface area (Å²) in [5.74, 6) is -1.56. The molecule has 0 radical (unpaired) electrons. The molecule has 0 fully saturated rings. The SMILES string of the molecule is COC(=O)CC[C@@H](NC(=O)c1cc2c(nc1C)[nH]c1ccccc12)C(=O)OC.